The minimum atomic E-state index is -4.40. The number of benzene rings is 1. The van der Waals surface area contributed by atoms with Crippen LogP contribution in [0.1, 0.15) is 51.3 Å². The van der Waals surface area contributed by atoms with Crippen LogP contribution in [-0.4, -0.2) is 11.9 Å². The lowest BCUT2D eigenvalue weighted by molar-refractivity contribution is -0.137. The lowest BCUT2D eigenvalue weighted by Crippen LogP contribution is -2.40. The molecule has 0 aliphatic rings. The summed E-state index contributed by atoms with van der Waals surface area (Å²) < 4.78 is 38.7. The Morgan fingerprint density at radius 1 is 1.21 bits per heavy atom. The van der Waals surface area contributed by atoms with Gasteiger partial charge in [-0.25, -0.2) is 0 Å². The summed E-state index contributed by atoms with van der Waals surface area (Å²) in [6.07, 6.45) is -3.85. The van der Waals surface area contributed by atoms with Crippen molar-refractivity contribution in [2.75, 3.05) is 0 Å². The van der Waals surface area contributed by atoms with Crippen molar-refractivity contribution >= 4 is 18.3 Å². The number of nitrogens with one attached hydrogen (secondary N) is 1. The van der Waals surface area contributed by atoms with Crippen molar-refractivity contribution in [3.8, 4) is 0 Å². The maximum Gasteiger partial charge on any atom is 0.416 e. The molecule has 3 unspecified atom stereocenters. The fourth-order valence-corrected chi connectivity index (χ4v) is 2.22. The highest BCUT2D eigenvalue weighted by Crippen LogP contribution is 2.32. The van der Waals surface area contributed by atoms with Gasteiger partial charge in [0.1, 0.15) is 0 Å². The number of alkyl halides is 3. The number of hydrogen-bond acceptors (Lipinski definition) is 2. The Morgan fingerprint density at radius 3 is 2.25 bits per heavy atom. The quantitative estimate of drug-likeness (QED) is 0.788. The molecule has 1 aromatic rings. The van der Waals surface area contributed by atoms with Crippen molar-refractivity contribution in [3.05, 3.63) is 35.4 Å². The molecule has 0 radical (unpaired) electrons. The van der Waals surface area contributed by atoms with Gasteiger partial charge < -0.3 is 11.1 Å². The first-order chi connectivity index (χ1) is 10.5. The molecule has 3 N–H and O–H groups in total. The predicted molar refractivity (Wildman–Crippen MR) is 91.8 cm³/mol. The van der Waals surface area contributed by atoms with E-state index in [0.29, 0.717) is 12.0 Å². The Balaban J connectivity index is 0.00000529. The second kappa shape index (κ2) is 9.28. The first-order valence-electron chi connectivity index (χ1n) is 7.75. The Morgan fingerprint density at radius 2 is 1.79 bits per heavy atom. The third-order valence-electron chi connectivity index (χ3n) is 3.84. The smallest absolute Gasteiger partial charge is 0.349 e. The summed E-state index contributed by atoms with van der Waals surface area (Å²) >= 11 is 0. The van der Waals surface area contributed by atoms with Crippen LogP contribution in [0.2, 0.25) is 0 Å². The highest BCUT2D eigenvalue weighted by molar-refractivity contribution is 5.85. The summed E-state index contributed by atoms with van der Waals surface area (Å²) in [7, 11) is 0. The molecule has 3 atom stereocenters. The van der Waals surface area contributed by atoms with E-state index in [9.17, 15) is 18.0 Å². The maximum absolute atomic E-state index is 12.9. The van der Waals surface area contributed by atoms with Gasteiger partial charge >= 0.3 is 6.18 Å². The average molecular weight is 367 g/mol. The lowest BCUT2D eigenvalue weighted by Gasteiger charge is -2.25. The van der Waals surface area contributed by atoms with Crippen LogP contribution in [0.3, 0.4) is 0 Å². The number of hydrogen-bond donors (Lipinski definition) is 2. The third-order valence-corrected chi connectivity index (χ3v) is 3.84. The normalized spacial score (nSPS) is 15.4. The van der Waals surface area contributed by atoms with E-state index in [1.807, 2.05) is 13.8 Å². The van der Waals surface area contributed by atoms with Crippen LogP contribution < -0.4 is 11.1 Å². The van der Waals surface area contributed by atoms with Gasteiger partial charge in [0.15, 0.2) is 0 Å². The van der Waals surface area contributed by atoms with Crippen LogP contribution in [0.15, 0.2) is 24.3 Å². The van der Waals surface area contributed by atoms with Crippen LogP contribution in [0.5, 0.6) is 0 Å². The molecule has 0 saturated heterocycles. The average Bonchev–Trinajstić information content (AvgIpc) is 2.44. The van der Waals surface area contributed by atoms with Gasteiger partial charge in [-0.15, -0.1) is 12.4 Å². The molecule has 0 aliphatic carbocycles. The maximum atomic E-state index is 12.9. The molecule has 0 bridgehead atoms. The Labute approximate surface area is 147 Å². The number of nitrogens with two attached hydrogens (primary N) is 1. The van der Waals surface area contributed by atoms with E-state index >= 15 is 0 Å². The van der Waals surface area contributed by atoms with E-state index in [0.717, 1.165) is 12.1 Å². The minimum absolute atomic E-state index is 0. The van der Waals surface area contributed by atoms with Crippen molar-refractivity contribution in [2.45, 2.75) is 52.4 Å². The van der Waals surface area contributed by atoms with Gasteiger partial charge in [-0.05, 0) is 37.0 Å². The Hall–Kier alpha value is -1.27. The molecule has 138 valence electrons. The number of carbonyl (C=O) groups is 1. The van der Waals surface area contributed by atoms with Crippen molar-refractivity contribution < 1.29 is 18.0 Å². The number of amides is 1. The zero-order chi connectivity index (χ0) is 17.8. The fourth-order valence-electron chi connectivity index (χ4n) is 2.22. The van der Waals surface area contributed by atoms with Crippen LogP contribution in [0.4, 0.5) is 13.2 Å². The first kappa shape index (κ1) is 22.7. The van der Waals surface area contributed by atoms with Crippen molar-refractivity contribution in [1.82, 2.24) is 5.32 Å². The summed E-state index contributed by atoms with van der Waals surface area (Å²) in [6.45, 7) is 7.36. The van der Waals surface area contributed by atoms with Crippen molar-refractivity contribution in [2.24, 2.45) is 17.6 Å². The van der Waals surface area contributed by atoms with E-state index in [1.54, 1.807) is 19.9 Å². The SMILES string of the molecule is CC(C)CC(NC(=O)C(C)C(C)N)c1cccc(C(F)(F)F)c1.Cl. The molecule has 1 rings (SSSR count). The molecule has 0 aliphatic heterocycles. The topological polar surface area (TPSA) is 55.1 Å². The third kappa shape index (κ3) is 6.69. The fraction of sp³-hybridized carbons (Fsp3) is 0.588. The molecule has 0 spiro atoms. The molecule has 1 amide bonds. The van der Waals surface area contributed by atoms with Gasteiger partial charge in [0, 0.05) is 12.0 Å². The number of rotatable bonds is 6. The standard InChI is InChI=1S/C17H25F3N2O.ClH/c1-10(2)8-15(22-16(23)11(3)12(4)21)13-6-5-7-14(9-13)17(18,19)20;/h5-7,9-12,15H,8,21H2,1-4H3,(H,22,23);1H. The molecule has 7 heteroatoms. The van der Waals surface area contributed by atoms with Gasteiger partial charge in [-0.1, -0.05) is 32.9 Å². The summed E-state index contributed by atoms with van der Waals surface area (Å²) in [4.78, 5) is 12.2. The molecule has 0 aromatic heterocycles. The van der Waals surface area contributed by atoms with Crippen molar-refractivity contribution in [3.63, 3.8) is 0 Å². The van der Waals surface area contributed by atoms with Gasteiger partial charge in [0.25, 0.3) is 0 Å². The molecule has 0 heterocycles. The van der Waals surface area contributed by atoms with Gasteiger partial charge in [-0.2, -0.15) is 13.2 Å². The minimum Gasteiger partial charge on any atom is -0.349 e. The number of carbonyl (C=O) groups excluding carboxylic acids is 1. The largest absolute Gasteiger partial charge is 0.416 e. The van der Waals surface area contributed by atoms with E-state index in [-0.39, 0.29) is 30.3 Å². The van der Waals surface area contributed by atoms with E-state index in [4.69, 9.17) is 5.73 Å². The van der Waals surface area contributed by atoms with Crippen LogP contribution in [0, 0.1) is 11.8 Å². The Kier molecular flexibility index (Phi) is 8.78. The van der Waals surface area contributed by atoms with Crippen LogP contribution >= 0.6 is 12.4 Å². The zero-order valence-corrected chi connectivity index (χ0v) is 15.2. The van der Waals surface area contributed by atoms with Gasteiger partial charge in [0.05, 0.1) is 11.6 Å². The summed E-state index contributed by atoms with van der Waals surface area (Å²) in [5, 5.41) is 2.84. The molecule has 1 aromatic carbocycles. The molecule has 0 saturated carbocycles. The Bertz CT molecular complexity index is 533. The molecular weight excluding hydrogens is 341 g/mol. The first-order valence-corrected chi connectivity index (χ1v) is 7.75. The van der Waals surface area contributed by atoms with E-state index in [2.05, 4.69) is 5.32 Å². The second-order valence-electron chi connectivity index (χ2n) is 6.46. The van der Waals surface area contributed by atoms with Gasteiger partial charge in [0.2, 0.25) is 5.91 Å². The summed E-state index contributed by atoms with van der Waals surface area (Å²) in [6, 6.07) is 4.32. The highest BCUT2D eigenvalue weighted by atomic mass is 35.5. The summed E-state index contributed by atoms with van der Waals surface area (Å²) in [5.74, 6) is -0.432. The van der Waals surface area contributed by atoms with Gasteiger partial charge in [-0.3, -0.25) is 4.79 Å². The highest BCUT2D eigenvalue weighted by Gasteiger charge is 2.31. The number of halogens is 4. The monoisotopic (exact) mass is 366 g/mol. The van der Waals surface area contributed by atoms with Crippen LogP contribution in [0.25, 0.3) is 0 Å². The molecule has 24 heavy (non-hydrogen) atoms. The lowest BCUT2D eigenvalue weighted by atomic mass is 9.94. The molecule has 3 nitrogen and oxygen atoms in total. The predicted octanol–water partition coefficient (Wildman–Crippen LogP) is 4.31. The van der Waals surface area contributed by atoms with Crippen molar-refractivity contribution in [1.29, 1.82) is 0 Å². The van der Waals surface area contributed by atoms with E-state index in [1.165, 1.54) is 6.07 Å². The van der Waals surface area contributed by atoms with E-state index < -0.39 is 23.7 Å². The summed E-state index contributed by atoms with van der Waals surface area (Å²) in [5.41, 5.74) is 5.47. The second-order valence-corrected chi connectivity index (χ2v) is 6.46. The molecular formula is C17H26ClF3N2O. The van der Waals surface area contributed by atoms with Crippen LogP contribution in [-0.2, 0) is 11.0 Å². The zero-order valence-electron chi connectivity index (χ0n) is 14.4. The molecule has 0 fully saturated rings.